The molecule has 27 heavy (non-hydrogen) atoms. The number of hydrogen-bond donors (Lipinski definition) is 0. The molecule has 6 heteroatoms. The monoisotopic (exact) mass is 368 g/mol. The van der Waals surface area contributed by atoms with Crippen LogP contribution in [0, 0.1) is 10.1 Å². The first-order chi connectivity index (χ1) is 13.0. The lowest BCUT2D eigenvalue weighted by molar-refractivity contribution is -0.384. The molecule has 0 radical (unpaired) electrons. The Morgan fingerprint density at radius 2 is 1.59 bits per heavy atom. The second kappa shape index (κ2) is 10.2. The van der Waals surface area contributed by atoms with Crippen LogP contribution in [0.15, 0.2) is 53.7 Å². The summed E-state index contributed by atoms with van der Waals surface area (Å²) < 4.78 is 0. The number of carbonyl (C=O) groups excluding carboxylic acids is 1. The summed E-state index contributed by atoms with van der Waals surface area (Å²) in [7, 11) is 0. The second-order valence-corrected chi connectivity index (χ2v) is 6.31. The van der Waals surface area contributed by atoms with Crippen LogP contribution in [0.5, 0.6) is 0 Å². The lowest BCUT2D eigenvalue weighted by Gasteiger charge is -2.08. The van der Waals surface area contributed by atoms with Crippen molar-refractivity contribution >= 4 is 17.4 Å². The van der Waals surface area contributed by atoms with Crippen LogP contribution in [0.1, 0.15) is 51.5 Å². The normalized spacial score (nSPS) is 11.3. The molecule has 2 aromatic carbocycles. The standard InChI is InChI=1S/C21H24N2O4/c1-3-4-5-6-7-21(22-27-16(2)24)19-10-8-17(9-11-19)18-12-14-20(15-13-18)23(25)26/h8-15H,3-7H2,1-2H3/b22-21+. The molecule has 0 unspecified atom stereocenters. The fourth-order valence-corrected chi connectivity index (χ4v) is 2.71. The van der Waals surface area contributed by atoms with Gasteiger partial charge in [-0.15, -0.1) is 0 Å². The molecule has 0 aliphatic rings. The molecule has 0 fully saturated rings. The van der Waals surface area contributed by atoms with Crippen molar-refractivity contribution in [3.05, 3.63) is 64.2 Å². The maximum absolute atomic E-state index is 11.1. The van der Waals surface area contributed by atoms with Gasteiger partial charge in [0.05, 0.1) is 10.6 Å². The molecule has 0 N–H and O–H groups in total. The number of hydrogen-bond acceptors (Lipinski definition) is 5. The Morgan fingerprint density at radius 1 is 1.00 bits per heavy atom. The van der Waals surface area contributed by atoms with Crippen molar-refractivity contribution in [2.24, 2.45) is 5.16 Å². The minimum Gasteiger partial charge on any atom is -0.318 e. The van der Waals surface area contributed by atoms with Gasteiger partial charge in [0.25, 0.3) is 5.69 Å². The van der Waals surface area contributed by atoms with E-state index in [1.807, 2.05) is 24.3 Å². The molecule has 0 aliphatic heterocycles. The predicted octanol–water partition coefficient (Wildman–Crippen LogP) is 5.50. The van der Waals surface area contributed by atoms with Crippen LogP contribution in [0.2, 0.25) is 0 Å². The second-order valence-electron chi connectivity index (χ2n) is 6.31. The highest BCUT2D eigenvalue weighted by Gasteiger charge is 2.08. The average Bonchev–Trinajstić information content (AvgIpc) is 2.67. The SMILES string of the molecule is CCCCCC/C(=N\OC(C)=O)c1ccc(-c2ccc([N+](=O)[O-])cc2)cc1. The van der Waals surface area contributed by atoms with Gasteiger partial charge in [0, 0.05) is 19.1 Å². The van der Waals surface area contributed by atoms with Crippen LogP contribution in [0.4, 0.5) is 5.69 Å². The Balaban J connectivity index is 2.16. The molecule has 0 bridgehead atoms. The highest BCUT2D eigenvalue weighted by Crippen LogP contribution is 2.23. The first-order valence-electron chi connectivity index (χ1n) is 9.11. The largest absolute Gasteiger partial charge is 0.331 e. The summed E-state index contributed by atoms with van der Waals surface area (Å²) in [6.07, 6.45) is 5.15. The van der Waals surface area contributed by atoms with E-state index in [0.29, 0.717) is 0 Å². The number of rotatable bonds is 9. The average molecular weight is 368 g/mol. The number of nitro groups is 1. The van der Waals surface area contributed by atoms with Crippen molar-refractivity contribution in [1.29, 1.82) is 0 Å². The number of carbonyl (C=O) groups is 1. The van der Waals surface area contributed by atoms with Crippen LogP contribution < -0.4 is 0 Å². The van der Waals surface area contributed by atoms with E-state index in [-0.39, 0.29) is 5.69 Å². The third kappa shape index (κ3) is 6.33. The van der Waals surface area contributed by atoms with Crippen LogP contribution in [-0.2, 0) is 9.63 Å². The molecule has 6 nitrogen and oxygen atoms in total. The van der Waals surface area contributed by atoms with Gasteiger partial charge in [-0.25, -0.2) is 4.79 Å². The number of nitrogens with zero attached hydrogens (tertiary/aromatic N) is 2. The minimum absolute atomic E-state index is 0.0678. The van der Waals surface area contributed by atoms with E-state index < -0.39 is 10.9 Å². The lowest BCUT2D eigenvalue weighted by Crippen LogP contribution is -2.04. The molecule has 2 rings (SSSR count). The van der Waals surface area contributed by atoms with E-state index in [1.165, 1.54) is 25.5 Å². The molecule has 0 heterocycles. The van der Waals surface area contributed by atoms with E-state index in [1.54, 1.807) is 12.1 Å². The Labute approximate surface area is 159 Å². The highest BCUT2D eigenvalue weighted by molar-refractivity contribution is 6.00. The zero-order chi connectivity index (χ0) is 19.6. The topological polar surface area (TPSA) is 81.8 Å². The predicted molar refractivity (Wildman–Crippen MR) is 106 cm³/mol. The van der Waals surface area contributed by atoms with Crippen molar-refractivity contribution in [1.82, 2.24) is 0 Å². The van der Waals surface area contributed by atoms with Gasteiger partial charge in [0.1, 0.15) is 0 Å². The molecule has 0 aromatic heterocycles. The molecule has 0 amide bonds. The number of non-ortho nitro benzene ring substituents is 1. The van der Waals surface area contributed by atoms with Gasteiger partial charge in [-0.2, -0.15) is 0 Å². The summed E-state index contributed by atoms with van der Waals surface area (Å²) in [4.78, 5) is 26.3. The molecule has 2 aromatic rings. The lowest BCUT2D eigenvalue weighted by atomic mass is 9.99. The van der Waals surface area contributed by atoms with E-state index in [2.05, 4.69) is 12.1 Å². The van der Waals surface area contributed by atoms with Gasteiger partial charge in [-0.3, -0.25) is 10.1 Å². The van der Waals surface area contributed by atoms with Crippen LogP contribution in [0.3, 0.4) is 0 Å². The molecular formula is C21H24N2O4. The first-order valence-corrected chi connectivity index (χ1v) is 9.11. The summed E-state index contributed by atoms with van der Waals surface area (Å²) in [6.45, 7) is 3.49. The Kier molecular flexibility index (Phi) is 7.67. The Morgan fingerprint density at radius 3 is 2.11 bits per heavy atom. The maximum Gasteiger partial charge on any atom is 0.331 e. The third-order valence-electron chi connectivity index (χ3n) is 4.18. The molecule has 0 saturated carbocycles. The summed E-state index contributed by atoms with van der Waals surface area (Å²) >= 11 is 0. The van der Waals surface area contributed by atoms with E-state index in [0.717, 1.165) is 48.1 Å². The number of unbranched alkanes of at least 4 members (excludes halogenated alkanes) is 3. The van der Waals surface area contributed by atoms with Crippen molar-refractivity contribution in [2.75, 3.05) is 0 Å². The Bertz CT molecular complexity index is 796. The fraction of sp³-hybridized carbons (Fsp3) is 0.333. The number of nitro benzene ring substituents is 1. The summed E-state index contributed by atoms with van der Waals surface area (Å²) in [5, 5.41) is 14.8. The summed E-state index contributed by atoms with van der Waals surface area (Å²) in [5.74, 6) is -0.441. The molecule has 0 aliphatic carbocycles. The number of oxime groups is 1. The van der Waals surface area contributed by atoms with E-state index >= 15 is 0 Å². The van der Waals surface area contributed by atoms with Crippen LogP contribution >= 0.6 is 0 Å². The highest BCUT2D eigenvalue weighted by atomic mass is 16.7. The molecular weight excluding hydrogens is 344 g/mol. The molecule has 0 spiro atoms. The van der Waals surface area contributed by atoms with Gasteiger partial charge in [0.2, 0.25) is 0 Å². The Hall–Kier alpha value is -3.02. The smallest absolute Gasteiger partial charge is 0.318 e. The van der Waals surface area contributed by atoms with E-state index in [9.17, 15) is 14.9 Å². The number of benzene rings is 2. The first kappa shape index (κ1) is 20.3. The zero-order valence-corrected chi connectivity index (χ0v) is 15.7. The van der Waals surface area contributed by atoms with Crippen molar-refractivity contribution in [3.63, 3.8) is 0 Å². The van der Waals surface area contributed by atoms with Gasteiger partial charge < -0.3 is 4.84 Å². The quantitative estimate of drug-likeness (QED) is 0.192. The molecule has 142 valence electrons. The van der Waals surface area contributed by atoms with Crippen molar-refractivity contribution < 1.29 is 14.6 Å². The van der Waals surface area contributed by atoms with Crippen molar-refractivity contribution in [2.45, 2.75) is 46.0 Å². The molecule has 0 atom stereocenters. The van der Waals surface area contributed by atoms with Gasteiger partial charge in [0.15, 0.2) is 0 Å². The zero-order valence-electron chi connectivity index (χ0n) is 15.7. The molecule has 0 saturated heterocycles. The van der Waals surface area contributed by atoms with Gasteiger partial charge >= 0.3 is 5.97 Å². The van der Waals surface area contributed by atoms with Gasteiger partial charge in [-0.05, 0) is 41.7 Å². The van der Waals surface area contributed by atoms with Crippen LogP contribution in [-0.4, -0.2) is 16.6 Å². The minimum atomic E-state index is -0.441. The van der Waals surface area contributed by atoms with Gasteiger partial charge in [-0.1, -0.05) is 55.6 Å². The maximum atomic E-state index is 11.1. The van der Waals surface area contributed by atoms with Crippen LogP contribution in [0.25, 0.3) is 11.1 Å². The summed E-state index contributed by atoms with van der Waals surface area (Å²) in [6, 6.07) is 14.2. The van der Waals surface area contributed by atoms with Crippen molar-refractivity contribution in [3.8, 4) is 11.1 Å². The third-order valence-corrected chi connectivity index (χ3v) is 4.18. The summed E-state index contributed by atoms with van der Waals surface area (Å²) in [5.41, 5.74) is 3.56. The fourth-order valence-electron chi connectivity index (χ4n) is 2.71. The van der Waals surface area contributed by atoms with E-state index in [4.69, 9.17) is 4.84 Å².